The van der Waals surface area contributed by atoms with E-state index in [2.05, 4.69) is 5.32 Å². The highest BCUT2D eigenvalue weighted by Crippen LogP contribution is 2.18. The second-order valence-electron chi connectivity index (χ2n) is 4.17. The van der Waals surface area contributed by atoms with E-state index in [9.17, 15) is 9.90 Å². The second kappa shape index (κ2) is 5.72. The predicted molar refractivity (Wildman–Crippen MR) is 55.8 cm³/mol. The molecule has 0 aliphatic heterocycles. The van der Waals surface area contributed by atoms with E-state index in [-0.39, 0.29) is 11.9 Å². The lowest BCUT2D eigenvalue weighted by Gasteiger charge is -2.22. The van der Waals surface area contributed by atoms with Crippen LogP contribution in [0.1, 0.15) is 39.0 Å². The highest BCUT2D eigenvalue weighted by atomic mass is 16.3. The molecule has 0 aromatic rings. The SMILES string of the molecule is CC(C#N)C(=O)NC1CCCCCC1O. The van der Waals surface area contributed by atoms with Gasteiger partial charge >= 0.3 is 0 Å². The Morgan fingerprint density at radius 1 is 1.47 bits per heavy atom. The third-order valence-electron chi connectivity index (χ3n) is 2.89. The van der Waals surface area contributed by atoms with E-state index < -0.39 is 12.0 Å². The molecule has 1 aliphatic carbocycles. The maximum Gasteiger partial charge on any atom is 0.237 e. The first-order chi connectivity index (χ1) is 7.15. The van der Waals surface area contributed by atoms with Crippen LogP contribution < -0.4 is 5.32 Å². The van der Waals surface area contributed by atoms with E-state index in [1.165, 1.54) is 0 Å². The highest BCUT2D eigenvalue weighted by molar-refractivity contribution is 5.80. The van der Waals surface area contributed by atoms with Crippen LogP contribution in [-0.2, 0) is 4.79 Å². The maximum absolute atomic E-state index is 11.5. The number of carbonyl (C=O) groups is 1. The molecular formula is C11H18N2O2. The fraction of sp³-hybridized carbons (Fsp3) is 0.818. The molecule has 15 heavy (non-hydrogen) atoms. The van der Waals surface area contributed by atoms with Crippen LogP contribution in [0.2, 0.25) is 0 Å². The van der Waals surface area contributed by atoms with Gasteiger partial charge in [-0.15, -0.1) is 0 Å². The van der Waals surface area contributed by atoms with Gasteiger partial charge in [-0.1, -0.05) is 19.3 Å². The van der Waals surface area contributed by atoms with Gasteiger partial charge in [0.1, 0.15) is 5.92 Å². The minimum Gasteiger partial charge on any atom is -0.391 e. The van der Waals surface area contributed by atoms with Gasteiger partial charge in [0.05, 0.1) is 18.2 Å². The van der Waals surface area contributed by atoms with E-state index in [1.807, 2.05) is 6.07 Å². The van der Waals surface area contributed by atoms with Gasteiger partial charge in [-0.3, -0.25) is 4.79 Å². The summed E-state index contributed by atoms with van der Waals surface area (Å²) in [4.78, 5) is 11.5. The standard InChI is InChI=1S/C11H18N2O2/c1-8(7-12)11(15)13-9-5-3-2-4-6-10(9)14/h8-10,14H,2-6H2,1H3,(H,13,15). The number of carbonyl (C=O) groups excluding carboxylic acids is 1. The van der Waals surface area contributed by atoms with Crippen molar-refractivity contribution in [3.63, 3.8) is 0 Å². The van der Waals surface area contributed by atoms with Gasteiger partial charge in [0, 0.05) is 0 Å². The molecule has 2 N–H and O–H groups in total. The third kappa shape index (κ3) is 3.52. The molecule has 1 rings (SSSR count). The van der Waals surface area contributed by atoms with Gasteiger partial charge in [-0.05, 0) is 19.8 Å². The lowest BCUT2D eigenvalue weighted by atomic mass is 10.0. The molecule has 1 saturated carbocycles. The zero-order chi connectivity index (χ0) is 11.3. The number of aliphatic hydroxyl groups is 1. The summed E-state index contributed by atoms with van der Waals surface area (Å²) in [5.41, 5.74) is 0. The van der Waals surface area contributed by atoms with E-state index in [0.29, 0.717) is 0 Å². The summed E-state index contributed by atoms with van der Waals surface area (Å²) in [6.45, 7) is 1.57. The van der Waals surface area contributed by atoms with Gasteiger partial charge in [0.2, 0.25) is 5.91 Å². The van der Waals surface area contributed by atoms with E-state index in [4.69, 9.17) is 5.26 Å². The molecule has 0 spiro atoms. The van der Waals surface area contributed by atoms with Crippen molar-refractivity contribution in [2.24, 2.45) is 5.92 Å². The van der Waals surface area contributed by atoms with Gasteiger partial charge in [-0.25, -0.2) is 0 Å². The van der Waals surface area contributed by atoms with Crippen molar-refractivity contribution < 1.29 is 9.90 Å². The van der Waals surface area contributed by atoms with Gasteiger partial charge in [-0.2, -0.15) is 5.26 Å². The largest absolute Gasteiger partial charge is 0.391 e. The Kier molecular flexibility index (Phi) is 4.57. The molecule has 4 nitrogen and oxygen atoms in total. The Labute approximate surface area is 90.3 Å². The number of rotatable bonds is 2. The summed E-state index contributed by atoms with van der Waals surface area (Å²) in [6, 6.07) is 1.72. The second-order valence-corrected chi connectivity index (χ2v) is 4.17. The lowest BCUT2D eigenvalue weighted by Crippen LogP contribution is -2.44. The van der Waals surface area contributed by atoms with Gasteiger partial charge in [0.25, 0.3) is 0 Å². The molecule has 4 heteroatoms. The fourth-order valence-corrected chi connectivity index (χ4v) is 1.82. The molecule has 0 saturated heterocycles. The quantitative estimate of drug-likeness (QED) is 0.667. The molecule has 1 aliphatic rings. The predicted octanol–water partition coefficient (Wildman–Crippen LogP) is 0.956. The molecule has 1 fully saturated rings. The summed E-state index contributed by atoms with van der Waals surface area (Å²) in [5.74, 6) is -0.913. The number of amides is 1. The number of hydrogen-bond donors (Lipinski definition) is 2. The number of hydrogen-bond acceptors (Lipinski definition) is 3. The van der Waals surface area contributed by atoms with Crippen molar-refractivity contribution in [3.8, 4) is 6.07 Å². The first kappa shape index (κ1) is 12.0. The average Bonchev–Trinajstić information content (AvgIpc) is 2.43. The summed E-state index contributed by atoms with van der Waals surface area (Å²) in [7, 11) is 0. The van der Waals surface area contributed by atoms with Crippen molar-refractivity contribution in [1.29, 1.82) is 5.26 Å². The summed E-state index contributed by atoms with van der Waals surface area (Å²) in [5, 5.41) is 21.1. The maximum atomic E-state index is 11.5. The van der Waals surface area contributed by atoms with Crippen LogP contribution >= 0.6 is 0 Å². The number of aliphatic hydroxyl groups excluding tert-OH is 1. The van der Waals surface area contributed by atoms with Crippen molar-refractivity contribution in [1.82, 2.24) is 5.32 Å². The minimum absolute atomic E-state index is 0.171. The van der Waals surface area contributed by atoms with Crippen LogP contribution in [0.15, 0.2) is 0 Å². The normalized spacial score (nSPS) is 28.6. The molecule has 84 valence electrons. The number of nitriles is 1. The van der Waals surface area contributed by atoms with Gasteiger partial charge < -0.3 is 10.4 Å². The summed E-state index contributed by atoms with van der Waals surface area (Å²) >= 11 is 0. The van der Waals surface area contributed by atoms with Crippen LogP contribution in [-0.4, -0.2) is 23.2 Å². The van der Waals surface area contributed by atoms with Crippen molar-refractivity contribution in [2.75, 3.05) is 0 Å². The molecule has 0 heterocycles. The number of nitrogens with one attached hydrogen (secondary N) is 1. The molecule has 3 unspecified atom stereocenters. The fourth-order valence-electron chi connectivity index (χ4n) is 1.82. The Hall–Kier alpha value is -1.08. The van der Waals surface area contributed by atoms with E-state index in [0.717, 1.165) is 32.1 Å². The zero-order valence-electron chi connectivity index (χ0n) is 9.07. The van der Waals surface area contributed by atoms with Gasteiger partial charge in [0.15, 0.2) is 0 Å². The Bertz CT molecular complexity index is 260. The zero-order valence-corrected chi connectivity index (χ0v) is 9.07. The molecule has 0 bridgehead atoms. The van der Waals surface area contributed by atoms with Crippen LogP contribution in [0.4, 0.5) is 0 Å². The van der Waals surface area contributed by atoms with Crippen LogP contribution in [0.5, 0.6) is 0 Å². The molecule has 0 aromatic heterocycles. The van der Waals surface area contributed by atoms with E-state index in [1.54, 1.807) is 6.92 Å². The summed E-state index contributed by atoms with van der Waals surface area (Å²) in [6.07, 6.45) is 4.25. The van der Waals surface area contributed by atoms with Crippen LogP contribution in [0.25, 0.3) is 0 Å². The average molecular weight is 210 g/mol. The first-order valence-corrected chi connectivity index (χ1v) is 5.53. The molecule has 1 amide bonds. The third-order valence-corrected chi connectivity index (χ3v) is 2.89. The highest BCUT2D eigenvalue weighted by Gasteiger charge is 2.24. The molecule has 3 atom stereocenters. The molecular weight excluding hydrogens is 192 g/mol. The van der Waals surface area contributed by atoms with Crippen LogP contribution in [0.3, 0.4) is 0 Å². The Morgan fingerprint density at radius 3 is 2.80 bits per heavy atom. The minimum atomic E-state index is -0.638. The van der Waals surface area contributed by atoms with E-state index >= 15 is 0 Å². The number of nitrogens with zero attached hydrogens (tertiary/aromatic N) is 1. The van der Waals surface area contributed by atoms with Crippen molar-refractivity contribution in [3.05, 3.63) is 0 Å². The lowest BCUT2D eigenvalue weighted by molar-refractivity contribution is -0.124. The Balaban J connectivity index is 2.48. The smallest absolute Gasteiger partial charge is 0.237 e. The Morgan fingerprint density at radius 2 is 2.13 bits per heavy atom. The monoisotopic (exact) mass is 210 g/mol. The van der Waals surface area contributed by atoms with Crippen molar-refractivity contribution in [2.45, 2.75) is 51.2 Å². The van der Waals surface area contributed by atoms with Crippen LogP contribution in [0, 0.1) is 17.2 Å². The van der Waals surface area contributed by atoms with Crippen molar-refractivity contribution >= 4 is 5.91 Å². The molecule has 0 aromatic carbocycles. The first-order valence-electron chi connectivity index (χ1n) is 5.53. The molecule has 0 radical (unpaired) electrons. The summed E-state index contributed by atoms with van der Waals surface area (Å²) < 4.78 is 0. The topological polar surface area (TPSA) is 73.1 Å².